The summed E-state index contributed by atoms with van der Waals surface area (Å²) in [7, 11) is 1.52. The van der Waals surface area contributed by atoms with E-state index in [-0.39, 0.29) is 16.8 Å². The molecule has 5 nitrogen and oxygen atoms in total. The van der Waals surface area contributed by atoms with Gasteiger partial charge in [-0.2, -0.15) is 0 Å². The van der Waals surface area contributed by atoms with Crippen LogP contribution in [0.3, 0.4) is 0 Å². The third kappa shape index (κ3) is 4.74. The Morgan fingerprint density at radius 2 is 2.00 bits per heavy atom. The van der Waals surface area contributed by atoms with E-state index in [4.69, 9.17) is 10.7 Å². The summed E-state index contributed by atoms with van der Waals surface area (Å²) in [6.07, 6.45) is 3.16. The van der Waals surface area contributed by atoms with Crippen molar-refractivity contribution in [2.45, 2.75) is 58.0 Å². The van der Waals surface area contributed by atoms with E-state index < -0.39 is 9.05 Å². The van der Waals surface area contributed by atoms with Crippen molar-refractivity contribution in [3.05, 3.63) is 18.0 Å². The molecule has 120 valence electrons. The SMILES string of the molecule is CCCn1cc(S(=O)(=O)Cl)cc1C(=O)NC(C)C(C)CC. The van der Waals surface area contributed by atoms with Crippen molar-refractivity contribution in [1.29, 1.82) is 0 Å². The van der Waals surface area contributed by atoms with Gasteiger partial charge in [0.05, 0.1) is 0 Å². The Morgan fingerprint density at radius 3 is 2.48 bits per heavy atom. The highest BCUT2D eigenvalue weighted by molar-refractivity contribution is 8.13. The molecule has 0 bridgehead atoms. The second kappa shape index (κ2) is 7.31. The number of halogens is 1. The fourth-order valence-corrected chi connectivity index (χ4v) is 2.77. The highest BCUT2D eigenvalue weighted by atomic mass is 35.7. The fourth-order valence-electron chi connectivity index (χ4n) is 2.01. The summed E-state index contributed by atoms with van der Waals surface area (Å²) >= 11 is 0. The predicted octanol–water partition coefficient (Wildman–Crippen LogP) is 2.99. The van der Waals surface area contributed by atoms with Crippen LogP contribution in [0.4, 0.5) is 0 Å². The van der Waals surface area contributed by atoms with Gasteiger partial charge in [-0.25, -0.2) is 8.42 Å². The molecule has 2 unspecified atom stereocenters. The third-order valence-electron chi connectivity index (χ3n) is 3.71. The van der Waals surface area contributed by atoms with Gasteiger partial charge in [-0.15, -0.1) is 0 Å². The lowest BCUT2D eigenvalue weighted by Gasteiger charge is -2.20. The van der Waals surface area contributed by atoms with Crippen LogP contribution in [0.15, 0.2) is 17.2 Å². The maximum atomic E-state index is 12.3. The number of nitrogens with zero attached hydrogens (tertiary/aromatic N) is 1. The van der Waals surface area contributed by atoms with E-state index in [1.54, 1.807) is 4.57 Å². The molecule has 0 aromatic carbocycles. The topological polar surface area (TPSA) is 68.2 Å². The number of aryl methyl sites for hydroxylation is 1. The van der Waals surface area contributed by atoms with Crippen LogP contribution in [-0.4, -0.2) is 24.9 Å². The van der Waals surface area contributed by atoms with Crippen molar-refractivity contribution in [3.63, 3.8) is 0 Å². The smallest absolute Gasteiger partial charge is 0.268 e. The van der Waals surface area contributed by atoms with Gasteiger partial charge in [0.25, 0.3) is 15.0 Å². The quantitative estimate of drug-likeness (QED) is 0.779. The van der Waals surface area contributed by atoms with Gasteiger partial charge in [0.2, 0.25) is 0 Å². The lowest BCUT2D eigenvalue weighted by Crippen LogP contribution is -2.37. The van der Waals surface area contributed by atoms with Gasteiger partial charge >= 0.3 is 0 Å². The first-order valence-corrected chi connectivity index (χ1v) is 9.47. The summed E-state index contributed by atoms with van der Waals surface area (Å²) in [5.41, 5.74) is 0.325. The van der Waals surface area contributed by atoms with E-state index in [2.05, 4.69) is 19.2 Å². The maximum absolute atomic E-state index is 12.3. The highest BCUT2D eigenvalue weighted by Gasteiger charge is 2.21. The predicted molar refractivity (Wildman–Crippen MR) is 84.1 cm³/mol. The number of rotatable bonds is 7. The Morgan fingerprint density at radius 1 is 1.38 bits per heavy atom. The van der Waals surface area contributed by atoms with Crippen LogP contribution in [0.5, 0.6) is 0 Å². The molecule has 7 heteroatoms. The molecule has 0 radical (unpaired) electrons. The number of carbonyl (C=O) groups excluding carboxylic acids is 1. The standard InChI is InChI=1S/C14H23ClN2O3S/c1-5-7-17-9-12(21(15,19)20)8-13(17)14(18)16-11(4)10(3)6-2/h8-11H,5-7H2,1-4H3,(H,16,18). The minimum absolute atomic E-state index is 0.0172. The lowest BCUT2D eigenvalue weighted by atomic mass is 10.0. The van der Waals surface area contributed by atoms with Crippen LogP contribution in [0.1, 0.15) is 51.0 Å². The Bertz CT molecular complexity index is 595. The zero-order chi connectivity index (χ0) is 16.2. The molecule has 0 saturated carbocycles. The molecule has 1 rings (SSSR count). The summed E-state index contributed by atoms with van der Waals surface area (Å²) in [5, 5.41) is 2.91. The molecule has 1 amide bonds. The largest absolute Gasteiger partial charge is 0.348 e. The second-order valence-electron chi connectivity index (χ2n) is 5.34. The van der Waals surface area contributed by atoms with Crippen molar-refractivity contribution >= 4 is 25.6 Å². The lowest BCUT2D eigenvalue weighted by molar-refractivity contribution is 0.0918. The number of hydrogen-bond donors (Lipinski definition) is 1. The van der Waals surface area contributed by atoms with E-state index in [9.17, 15) is 13.2 Å². The van der Waals surface area contributed by atoms with Gasteiger partial charge in [0.1, 0.15) is 10.6 Å². The highest BCUT2D eigenvalue weighted by Crippen LogP contribution is 2.19. The summed E-state index contributed by atoms with van der Waals surface area (Å²) in [6.45, 7) is 8.58. The monoisotopic (exact) mass is 334 g/mol. The minimum Gasteiger partial charge on any atom is -0.348 e. The zero-order valence-electron chi connectivity index (χ0n) is 12.9. The molecule has 0 saturated heterocycles. The van der Waals surface area contributed by atoms with Crippen LogP contribution < -0.4 is 5.32 Å². The van der Waals surface area contributed by atoms with E-state index in [1.165, 1.54) is 12.3 Å². The maximum Gasteiger partial charge on any atom is 0.268 e. The molecule has 1 heterocycles. The van der Waals surface area contributed by atoms with Crippen molar-refractivity contribution in [2.75, 3.05) is 0 Å². The van der Waals surface area contributed by atoms with Crippen LogP contribution in [-0.2, 0) is 15.6 Å². The molecule has 0 aliphatic rings. The number of carbonyl (C=O) groups is 1. The van der Waals surface area contributed by atoms with Crippen LogP contribution >= 0.6 is 10.7 Å². The number of amides is 1. The Labute approximate surface area is 131 Å². The van der Waals surface area contributed by atoms with Gasteiger partial charge in [0.15, 0.2) is 0 Å². The zero-order valence-corrected chi connectivity index (χ0v) is 14.5. The van der Waals surface area contributed by atoms with Crippen LogP contribution in [0.2, 0.25) is 0 Å². The number of hydrogen-bond acceptors (Lipinski definition) is 3. The molecule has 2 atom stereocenters. The molecule has 1 aromatic heterocycles. The van der Waals surface area contributed by atoms with E-state index in [0.29, 0.717) is 18.2 Å². The normalized spacial score (nSPS) is 14.7. The van der Waals surface area contributed by atoms with E-state index >= 15 is 0 Å². The van der Waals surface area contributed by atoms with Crippen LogP contribution in [0, 0.1) is 5.92 Å². The molecule has 21 heavy (non-hydrogen) atoms. The second-order valence-corrected chi connectivity index (χ2v) is 7.91. The van der Waals surface area contributed by atoms with Gasteiger partial charge < -0.3 is 9.88 Å². The number of nitrogens with one attached hydrogen (secondary N) is 1. The Kier molecular flexibility index (Phi) is 6.28. The van der Waals surface area contributed by atoms with Crippen molar-refractivity contribution < 1.29 is 13.2 Å². The first-order chi connectivity index (χ1) is 9.70. The molecular formula is C14H23ClN2O3S. The van der Waals surface area contributed by atoms with Crippen molar-refractivity contribution in [1.82, 2.24) is 9.88 Å². The summed E-state index contributed by atoms with van der Waals surface area (Å²) in [5.74, 6) is 0.0718. The van der Waals surface area contributed by atoms with Gasteiger partial charge in [-0.3, -0.25) is 4.79 Å². The van der Waals surface area contributed by atoms with Gasteiger partial charge in [-0.05, 0) is 25.3 Å². The molecule has 0 aliphatic heterocycles. The summed E-state index contributed by atoms with van der Waals surface area (Å²) in [4.78, 5) is 12.3. The summed E-state index contributed by atoms with van der Waals surface area (Å²) in [6, 6.07) is 1.35. The molecule has 0 aliphatic carbocycles. The van der Waals surface area contributed by atoms with Crippen molar-refractivity contribution in [2.24, 2.45) is 5.92 Å². The molecule has 1 N–H and O–H groups in total. The molecular weight excluding hydrogens is 312 g/mol. The fraction of sp³-hybridized carbons (Fsp3) is 0.643. The number of aromatic nitrogens is 1. The summed E-state index contributed by atoms with van der Waals surface area (Å²) < 4.78 is 24.5. The molecule has 1 aromatic rings. The van der Waals surface area contributed by atoms with Gasteiger partial charge in [0, 0.05) is 29.5 Å². The first-order valence-electron chi connectivity index (χ1n) is 7.16. The molecule has 0 spiro atoms. The van der Waals surface area contributed by atoms with Crippen molar-refractivity contribution in [3.8, 4) is 0 Å². The Hall–Kier alpha value is -1.01. The van der Waals surface area contributed by atoms with E-state index in [0.717, 1.165) is 12.8 Å². The average molecular weight is 335 g/mol. The van der Waals surface area contributed by atoms with Gasteiger partial charge in [-0.1, -0.05) is 27.2 Å². The Balaban J connectivity index is 3.05. The molecule has 0 fully saturated rings. The van der Waals surface area contributed by atoms with E-state index in [1.807, 2.05) is 13.8 Å². The average Bonchev–Trinajstić information content (AvgIpc) is 2.82. The third-order valence-corrected chi connectivity index (χ3v) is 5.03. The first kappa shape index (κ1) is 18.0. The minimum atomic E-state index is -3.83. The van der Waals surface area contributed by atoms with Crippen LogP contribution in [0.25, 0.3) is 0 Å².